The predicted molar refractivity (Wildman–Crippen MR) is 43.3 cm³/mol. The van der Waals surface area contributed by atoms with Gasteiger partial charge in [-0.25, -0.2) is 4.98 Å². The van der Waals surface area contributed by atoms with Crippen LogP contribution in [0.25, 0.3) is 0 Å². The first-order chi connectivity index (χ1) is 5.24. The molecule has 11 heavy (non-hydrogen) atoms. The molecule has 0 aliphatic carbocycles. The predicted octanol–water partition coefficient (Wildman–Crippen LogP) is 0.727. The summed E-state index contributed by atoms with van der Waals surface area (Å²) in [6, 6.07) is 3.00. The molecule has 0 spiro atoms. The van der Waals surface area contributed by atoms with Gasteiger partial charge in [-0.3, -0.25) is 0 Å². The third kappa shape index (κ3) is 2.15. The SMILES string of the molecule is NC(CO)c1ccnc(Cl)c1. The van der Waals surface area contributed by atoms with Crippen molar-refractivity contribution in [2.75, 3.05) is 6.61 Å². The lowest BCUT2D eigenvalue weighted by Gasteiger charge is -2.06. The molecule has 0 saturated carbocycles. The van der Waals surface area contributed by atoms with Crippen molar-refractivity contribution in [3.05, 3.63) is 29.0 Å². The molecule has 0 fully saturated rings. The van der Waals surface area contributed by atoms with E-state index in [2.05, 4.69) is 4.98 Å². The Morgan fingerprint density at radius 2 is 2.45 bits per heavy atom. The average molecular weight is 173 g/mol. The summed E-state index contributed by atoms with van der Waals surface area (Å²) in [4.78, 5) is 3.78. The van der Waals surface area contributed by atoms with Gasteiger partial charge in [0.05, 0.1) is 12.6 Å². The van der Waals surface area contributed by atoms with E-state index in [1.807, 2.05) is 0 Å². The first kappa shape index (κ1) is 8.46. The molecule has 0 radical (unpaired) electrons. The van der Waals surface area contributed by atoms with Crippen LogP contribution in [0.1, 0.15) is 11.6 Å². The number of aromatic nitrogens is 1. The maximum Gasteiger partial charge on any atom is 0.129 e. The van der Waals surface area contributed by atoms with Crippen molar-refractivity contribution in [2.24, 2.45) is 5.73 Å². The molecule has 0 aromatic carbocycles. The van der Waals surface area contributed by atoms with Crippen LogP contribution in [0.5, 0.6) is 0 Å². The van der Waals surface area contributed by atoms with Crippen LogP contribution in [0.4, 0.5) is 0 Å². The quantitative estimate of drug-likeness (QED) is 0.647. The molecule has 0 saturated heterocycles. The van der Waals surface area contributed by atoms with E-state index in [1.54, 1.807) is 18.3 Å². The number of hydrogen-bond acceptors (Lipinski definition) is 3. The van der Waals surface area contributed by atoms with Gasteiger partial charge in [-0.05, 0) is 17.7 Å². The minimum atomic E-state index is -0.365. The van der Waals surface area contributed by atoms with E-state index in [9.17, 15) is 0 Å². The molecule has 1 aromatic heterocycles. The number of rotatable bonds is 2. The molecule has 3 N–H and O–H groups in total. The van der Waals surface area contributed by atoms with E-state index in [1.165, 1.54) is 0 Å². The highest BCUT2D eigenvalue weighted by Crippen LogP contribution is 2.12. The number of pyridine rings is 1. The lowest BCUT2D eigenvalue weighted by molar-refractivity contribution is 0.268. The van der Waals surface area contributed by atoms with Crippen molar-refractivity contribution in [3.8, 4) is 0 Å². The summed E-state index contributed by atoms with van der Waals surface area (Å²) < 4.78 is 0. The Morgan fingerprint density at radius 1 is 1.73 bits per heavy atom. The van der Waals surface area contributed by atoms with E-state index in [-0.39, 0.29) is 12.6 Å². The molecule has 0 amide bonds. The van der Waals surface area contributed by atoms with Crippen LogP contribution in [0.15, 0.2) is 18.3 Å². The lowest BCUT2D eigenvalue weighted by Crippen LogP contribution is -2.14. The molecule has 1 rings (SSSR count). The molecule has 3 nitrogen and oxygen atoms in total. The molecule has 60 valence electrons. The highest BCUT2D eigenvalue weighted by molar-refractivity contribution is 6.29. The molecule has 1 atom stereocenters. The van der Waals surface area contributed by atoms with Crippen molar-refractivity contribution in [1.82, 2.24) is 4.98 Å². The van der Waals surface area contributed by atoms with Crippen molar-refractivity contribution in [3.63, 3.8) is 0 Å². The molecular formula is C7H9ClN2O. The standard InChI is InChI=1S/C7H9ClN2O/c8-7-3-5(1-2-10-7)6(9)4-11/h1-3,6,11H,4,9H2. The maximum atomic E-state index is 8.69. The fourth-order valence-corrected chi connectivity index (χ4v) is 0.936. The number of nitrogens with zero attached hydrogens (tertiary/aromatic N) is 1. The summed E-state index contributed by atoms with van der Waals surface area (Å²) in [6.07, 6.45) is 1.56. The number of aliphatic hydroxyl groups is 1. The van der Waals surface area contributed by atoms with Gasteiger partial charge in [0, 0.05) is 6.20 Å². The van der Waals surface area contributed by atoms with Crippen LogP contribution in [-0.2, 0) is 0 Å². The Labute approximate surface area is 69.8 Å². The van der Waals surface area contributed by atoms with Gasteiger partial charge in [0.2, 0.25) is 0 Å². The molecule has 1 aromatic rings. The molecule has 1 unspecified atom stereocenters. The van der Waals surface area contributed by atoms with Crippen LogP contribution in [0.3, 0.4) is 0 Å². The second-order valence-corrected chi connectivity index (χ2v) is 2.59. The summed E-state index contributed by atoms with van der Waals surface area (Å²) in [7, 11) is 0. The summed E-state index contributed by atoms with van der Waals surface area (Å²) in [6.45, 7) is -0.0830. The zero-order valence-electron chi connectivity index (χ0n) is 5.87. The first-order valence-electron chi connectivity index (χ1n) is 3.22. The van der Waals surface area contributed by atoms with E-state index >= 15 is 0 Å². The van der Waals surface area contributed by atoms with Crippen molar-refractivity contribution < 1.29 is 5.11 Å². The molecule has 0 aliphatic heterocycles. The molecule has 0 bridgehead atoms. The maximum absolute atomic E-state index is 8.69. The monoisotopic (exact) mass is 172 g/mol. The van der Waals surface area contributed by atoms with Gasteiger partial charge in [0.25, 0.3) is 0 Å². The van der Waals surface area contributed by atoms with Crippen molar-refractivity contribution in [2.45, 2.75) is 6.04 Å². The first-order valence-corrected chi connectivity index (χ1v) is 3.59. The number of aliphatic hydroxyl groups excluding tert-OH is 1. The molecular weight excluding hydrogens is 164 g/mol. The number of nitrogens with two attached hydrogens (primary N) is 1. The molecule has 4 heteroatoms. The Balaban J connectivity index is 2.86. The van der Waals surface area contributed by atoms with E-state index in [0.29, 0.717) is 5.15 Å². The van der Waals surface area contributed by atoms with Crippen molar-refractivity contribution in [1.29, 1.82) is 0 Å². The molecule has 0 aliphatic rings. The zero-order chi connectivity index (χ0) is 8.27. The lowest BCUT2D eigenvalue weighted by atomic mass is 10.1. The van der Waals surface area contributed by atoms with Crippen molar-refractivity contribution >= 4 is 11.6 Å². The number of halogens is 1. The number of hydrogen-bond donors (Lipinski definition) is 2. The van der Waals surface area contributed by atoms with Crippen LogP contribution >= 0.6 is 11.6 Å². The van der Waals surface area contributed by atoms with Gasteiger partial charge in [0.15, 0.2) is 0 Å². The Hall–Kier alpha value is -0.640. The summed E-state index contributed by atoms with van der Waals surface area (Å²) in [5.74, 6) is 0. The normalized spacial score (nSPS) is 13.0. The summed E-state index contributed by atoms with van der Waals surface area (Å²) >= 11 is 5.60. The highest BCUT2D eigenvalue weighted by atomic mass is 35.5. The third-order valence-corrected chi connectivity index (χ3v) is 1.58. The van der Waals surface area contributed by atoms with E-state index in [4.69, 9.17) is 22.4 Å². The van der Waals surface area contributed by atoms with Gasteiger partial charge in [-0.2, -0.15) is 0 Å². The van der Waals surface area contributed by atoms with Crippen LogP contribution in [0, 0.1) is 0 Å². The third-order valence-electron chi connectivity index (χ3n) is 1.38. The Kier molecular flexibility index (Phi) is 2.82. The topological polar surface area (TPSA) is 59.1 Å². The Morgan fingerprint density at radius 3 is 3.00 bits per heavy atom. The largest absolute Gasteiger partial charge is 0.394 e. The highest BCUT2D eigenvalue weighted by Gasteiger charge is 2.03. The smallest absolute Gasteiger partial charge is 0.129 e. The van der Waals surface area contributed by atoms with E-state index < -0.39 is 0 Å². The van der Waals surface area contributed by atoms with E-state index in [0.717, 1.165) is 5.56 Å². The minimum absolute atomic E-state index is 0.0830. The second kappa shape index (κ2) is 3.67. The van der Waals surface area contributed by atoms with Crippen LogP contribution in [0.2, 0.25) is 5.15 Å². The molecule has 1 heterocycles. The average Bonchev–Trinajstić information content (AvgIpc) is 2.03. The van der Waals surface area contributed by atoms with Gasteiger partial charge in [-0.15, -0.1) is 0 Å². The second-order valence-electron chi connectivity index (χ2n) is 2.20. The van der Waals surface area contributed by atoms with Crippen LogP contribution in [-0.4, -0.2) is 16.7 Å². The van der Waals surface area contributed by atoms with Gasteiger partial charge >= 0.3 is 0 Å². The van der Waals surface area contributed by atoms with Gasteiger partial charge in [-0.1, -0.05) is 11.6 Å². The summed E-state index contributed by atoms with van der Waals surface area (Å²) in [5.41, 5.74) is 6.33. The zero-order valence-corrected chi connectivity index (χ0v) is 6.62. The van der Waals surface area contributed by atoms with Gasteiger partial charge < -0.3 is 10.8 Å². The van der Waals surface area contributed by atoms with Gasteiger partial charge in [0.1, 0.15) is 5.15 Å². The summed E-state index contributed by atoms with van der Waals surface area (Å²) in [5, 5.41) is 9.09. The Bertz CT molecular complexity index is 242. The minimum Gasteiger partial charge on any atom is -0.394 e. The fourth-order valence-electron chi connectivity index (χ4n) is 0.753. The fraction of sp³-hybridized carbons (Fsp3) is 0.286. The van der Waals surface area contributed by atoms with Crippen LogP contribution < -0.4 is 5.73 Å².